The van der Waals surface area contributed by atoms with Crippen LogP contribution >= 0.6 is 11.6 Å². The van der Waals surface area contributed by atoms with E-state index in [1.165, 1.54) is 12.5 Å². The molecule has 2 aliphatic rings. The van der Waals surface area contributed by atoms with Crippen molar-refractivity contribution in [3.63, 3.8) is 0 Å². The Morgan fingerprint density at radius 2 is 1.93 bits per heavy atom. The Kier molecular flexibility index (Phi) is 7.29. The lowest BCUT2D eigenvalue weighted by Crippen LogP contribution is -2.54. The van der Waals surface area contributed by atoms with Crippen molar-refractivity contribution in [2.24, 2.45) is 0 Å². The van der Waals surface area contributed by atoms with Crippen molar-refractivity contribution in [1.29, 1.82) is 0 Å². The number of hydrogen-bond donors (Lipinski definition) is 0. The minimum atomic E-state index is -0.0514. The number of likely N-dealkylation sites (N-methyl/N-ethyl adjacent to an activating group) is 1. The number of hydrogen-bond acceptors (Lipinski definition) is 7. The van der Waals surface area contributed by atoms with Crippen LogP contribution < -0.4 is 9.64 Å². The Hall–Kier alpha value is -3.75. The number of pyridine rings is 1. The SMILES string of the molecule is C=CC(=O)N1CCN(c2nc(OC[C@@H]3CCCN3C)nc3nc(-c4cccc5cccc(Cl)c45)ccc23)C[C@@H]1C. The van der Waals surface area contributed by atoms with Gasteiger partial charge in [0.1, 0.15) is 12.4 Å². The highest BCUT2D eigenvalue weighted by Crippen LogP contribution is 2.35. The van der Waals surface area contributed by atoms with Gasteiger partial charge >= 0.3 is 6.01 Å². The van der Waals surface area contributed by atoms with Crippen LogP contribution in [0, 0.1) is 0 Å². The van der Waals surface area contributed by atoms with Crippen molar-refractivity contribution in [2.75, 3.05) is 44.7 Å². The summed E-state index contributed by atoms with van der Waals surface area (Å²) in [4.78, 5) is 33.4. The summed E-state index contributed by atoms with van der Waals surface area (Å²) < 4.78 is 6.21. The number of aromatic nitrogens is 3. The first-order valence-electron chi connectivity index (χ1n) is 13.8. The molecule has 0 unspecified atom stereocenters. The number of piperazine rings is 1. The first-order valence-corrected chi connectivity index (χ1v) is 14.2. The van der Waals surface area contributed by atoms with Crippen LogP contribution in [0.1, 0.15) is 19.8 Å². The molecule has 2 aromatic heterocycles. The Morgan fingerprint density at radius 3 is 2.67 bits per heavy atom. The van der Waals surface area contributed by atoms with Gasteiger partial charge in [-0.05, 0) is 63.0 Å². The molecule has 2 aliphatic heterocycles. The van der Waals surface area contributed by atoms with Gasteiger partial charge in [-0.2, -0.15) is 9.97 Å². The van der Waals surface area contributed by atoms with Gasteiger partial charge in [0.25, 0.3) is 0 Å². The van der Waals surface area contributed by atoms with E-state index in [1.807, 2.05) is 48.2 Å². The molecule has 1 amide bonds. The van der Waals surface area contributed by atoms with E-state index in [9.17, 15) is 4.79 Å². The van der Waals surface area contributed by atoms with E-state index in [0.29, 0.717) is 49.0 Å². The Bertz CT molecular complexity index is 1590. The van der Waals surface area contributed by atoms with E-state index < -0.39 is 0 Å². The highest BCUT2D eigenvalue weighted by Gasteiger charge is 2.29. The molecule has 0 radical (unpaired) electrons. The Labute approximate surface area is 239 Å². The molecular weight excluding hydrogens is 524 g/mol. The molecule has 206 valence electrons. The molecule has 40 heavy (non-hydrogen) atoms. The van der Waals surface area contributed by atoms with Crippen molar-refractivity contribution in [1.82, 2.24) is 24.8 Å². The standard InChI is InChI=1S/C31H33ClN6O2/c1-4-27(39)38-17-16-37(18-20(38)2)30-24-13-14-26(23-11-5-8-21-9-6-12-25(32)28(21)23)33-29(24)34-31(35-30)40-19-22-10-7-15-36(22)3/h4-6,8-9,11-14,20,22H,1,7,10,15-19H2,2-3H3/t20-,22-/m0/s1. The fourth-order valence-electron chi connectivity index (χ4n) is 5.89. The zero-order valence-electron chi connectivity index (χ0n) is 22.9. The minimum absolute atomic E-state index is 0.00540. The fourth-order valence-corrected chi connectivity index (χ4v) is 6.18. The average Bonchev–Trinajstić information content (AvgIpc) is 3.39. The van der Waals surface area contributed by atoms with E-state index in [4.69, 9.17) is 31.3 Å². The number of fused-ring (bicyclic) bond motifs is 2. The molecule has 8 nitrogen and oxygen atoms in total. The summed E-state index contributed by atoms with van der Waals surface area (Å²) in [6.07, 6.45) is 3.64. The molecule has 2 fully saturated rings. The van der Waals surface area contributed by atoms with Crippen molar-refractivity contribution >= 4 is 45.1 Å². The Balaban J connectivity index is 1.41. The summed E-state index contributed by atoms with van der Waals surface area (Å²) in [7, 11) is 2.13. The number of carbonyl (C=O) groups is 1. The van der Waals surface area contributed by atoms with Crippen LogP contribution in [0.2, 0.25) is 5.02 Å². The second-order valence-corrected chi connectivity index (χ2v) is 11.1. The first-order chi connectivity index (χ1) is 19.4. The summed E-state index contributed by atoms with van der Waals surface area (Å²) >= 11 is 6.64. The van der Waals surface area contributed by atoms with Crippen LogP contribution in [0.4, 0.5) is 5.82 Å². The van der Waals surface area contributed by atoms with E-state index in [-0.39, 0.29) is 11.9 Å². The average molecular weight is 557 g/mol. The molecule has 0 bridgehead atoms. The van der Waals surface area contributed by atoms with Crippen LogP contribution in [0.15, 0.2) is 61.2 Å². The van der Waals surface area contributed by atoms with E-state index in [0.717, 1.165) is 46.2 Å². The molecule has 2 saturated heterocycles. The molecule has 6 rings (SSSR count). The minimum Gasteiger partial charge on any atom is -0.462 e. The predicted octanol–water partition coefficient (Wildman–Crippen LogP) is 5.19. The molecule has 0 saturated carbocycles. The third kappa shape index (κ3) is 4.97. The highest BCUT2D eigenvalue weighted by molar-refractivity contribution is 6.36. The van der Waals surface area contributed by atoms with Crippen molar-refractivity contribution in [2.45, 2.75) is 31.8 Å². The van der Waals surface area contributed by atoms with Gasteiger partial charge < -0.3 is 19.4 Å². The molecule has 0 spiro atoms. The topological polar surface area (TPSA) is 74.7 Å². The third-order valence-electron chi connectivity index (χ3n) is 8.11. The summed E-state index contributed by atoms with van der Waals surface area (Å²) in [6, 6.07) is 16.7. The second-order valence-electron chi connectivity index (χ2n) is 10.7. The van der Waals surface area contributed by atoms with Crippen molar-refractivity contribution in [3.05, 3.63) is 66.2 Å². The number of rotatable bonds is 6. The van der Waals surface area contributed by atoms with Gasteiger partial charge in [0, 0.05) is 47.7 Å². The van der Waals surface area contributed by atoms with Gasteiger partial charge in [-0.25, -0.2) is 4.98 Å². The van der Waals surface area contributed by atoms with Crippen molar-refractivity contribution < 1.29 is 9.53 Å². The van der Waals surface area contributed by atoms with Crippen LogP contribution in [-0.2, 0) is 4.79 Å². The third-order valence-corrected chi connectivity index (χ3v) is 8.42. The van der Waals surface area contributed by atoms with Crippen LogP contribution in [0.25, 0.3) is 33.1 Å². The van der Waals surface area contributed by atoms with Gasteiger partial charge in [-0.1, -0.05) is 48.5 Å². The molecular formula is C31H33ClN6O2. The van der Waals surface area contributed by atoms with Gasteiger partial charge in [0.2, 0.25) is 5.91 Å². The number of amides is 1. The number of halogens is 1. The van der Waals surface area contributed by atoms with Gasteiger partial charge in [-0.3, -0.25) is 4.79 Å². The summed E-state index contributed by atoms with van der Waals surface area (Å²) in [5, 5.41) is 3.55. The smallest absolute Gasteiger partial charge is 0.320 e. The maximum absolute atomic E-state index is 12.3. The Morgan fingerprint density at radius 1 is 1.10 bits per heavy atom. The first kappa shape index (κ1) is 26.5. The number of nitrogens with zero attached hydrogens (tertiary/aromatic N) is 6. The fraction of sp³-hybridized carbons (Fsp3) is 0.355. The number of carbonyl (C=O) groups excluding carboxylic acids is 1. The van der Waals surface area contributed by atoms with Crippen molar-refractivity contribution in [3.8, 4) is 17.3 Å². The van der Waals surface area contributed by atoms with Gasteiger partial charge in [0.05, 0.1) is 11.1 Å². The highest BCUT2D eigenvalue weighted by atomic mass is 35.5. The van der Waals surface area contributed by atoms with Gasteiger partial charge in [0.15, 0.2) is 5.65 Å². The number of benzene rings is 2. The molecule has 4 aromatic rings. The second kappa shape index (κ2) is 11.0. The molecule has 0 aliphatic carbocycles. The molecule has 0 N–H and O–H groups in total. The predicted molar refractivity (Wildman–Crippen MR) is 160 cm³/mol. The van der Waals surface area contributed by atoms with Gasteiger partial charge in [-0.15, -0.1) is 0 Å². The van der Waals surface area contributed by atoms with Crippen LogP contribution in [-0.4, -0.2) is 82.6 Å². The van der Waals surface area contributed by atoms with Crippen LogP contribution in [0.5, 0.6) is 6.01 Å². The van der Waals surface area contributed by atoms with E-state index in [2.05, 4.69) is 35.6 Å². The quantitative estimate of drug-likeness (QED) is 0.302. The number of anilines is 1. The zero-order valence-corrected chi connectivity index (χ0v) is 23.6. The lowest BCUT2D eigenvalue weighted by molar-refractivity contribution is -0.128. The summed E-state index contributed by atoms with van der Waals surface area (Å²) in [6.45, 7) is 9.16. The largest absolute Gasteiger partial charge is 0.462 e. The monoisotopic (exact) mass is 556 g/mol. The lowest BCUT2D eigenvalue weighted by atomic mass is 10.0. The van der Waals surface area contributed by atoms with Crippen LogP contribution in [0.3, 0.4) is 0 Å². The molecule has 2 aromatic carbocycles. The molecule has 2 atom stereocenters. The van der Waals surface area contributed by atoms with E-state index >= 15 is 0 Å². The molecule has 9 heteroatoms. The number of likely N-dealkylation sites (tertiary alicyclic amines) is 1. The lowest BCUT2D eigenvalue weighted by Gasteiger charge is -2.40. The molecule has 4 heterocycles. The summed E-state index contributed by atoms with van der Waals surface area (Å²) in [5.74, 6) is 0.719. The normalized spacial score (nSPS) is 19.9. The van der Waals surface area contributed by atoms with E-state index in [1.54, 1.807) is 0 Å². The maximum Gasteiger partial charge on any atom is 0.320 e. The number of ether oxygens (including phenoxy) is 1. The maximum atomic E-state index is 12.3. The summed E-state index contributed by atoms with van der Waals surface area (Å²) in [5.41, 5.74) is 2.30. The zero-order chi connectivity index (χ0) is 27.8.